The van der Waals surface area contributed by atoms with E-state index < -0.39 is 6.17 Å². The highest BCUT2D eigenvalue weighted by Crippen LogP contribution is 2.24. The lowest BCUT2D eigenvalue weighted by atomic mass is 10.1. The number of nitrogens with one attached hydrogen (secondary N) is 1. The first kappa shape index (κ1) is 18.1. The largest absolute Gasteiger partial charge is 0.361 e. The Labute approximate surface area is 148 Å². The third kappa shape index (κ3) is 4.67. The maximum atomic E-state index is 14.0. The SMILES string of the molecule is Cc1noc(C)c1CN1C[C@@H](F)C[C@H]1CN[C@@H](C)CCn1cccn1. The van der Waals surface area contributed by atoms with Crippen molar-refractivity contribution < 1.29 is 8.91 Å². The summed E-state index contributed by atoms with van der Waals surface area (Å²) in [6, 6.07) is 2.50. The average molecular weight is 349 g/mol. The predicted molar refractivity (Wildman–Crippen MR) is 94.0 cm³/mol. The number of hydrogen-bond donors (Lipinski definition) is 1. The molecule has 0 unspecified atom stereocenters. The molecule has 0 amide bonds. The molecule has 0 bridgehead atoms. The zero-order valence-corrected chi connectivity index (χ0v) is 15.3. The molecule has 1 fully saturated rings. The van der Waals surface area contributed by atoms with Crippen molar-refractivity contribution >= 4 is 0 Å². The molecular weight excluding hydrogens is 321 g/mol. The van der Waals surface area contributed by atoms with Crippen molar-refractivity contribution in [1.29, 1.82) is 0 Å². The highest BCUT2D eigenvalue weighted by Gasteiger charge is 2.33. The van der Waals surface area contributed by atoms with Crippen molar-refractivity contribution in [2.24, 2.45) is 0 Å². The molecule has 0 aromatic carbocycles. The molecule has 3 atom stereocenters. The molecular formula is C18H28FN5O. The summed E-state index contributed by atoms with van der Waals surface area (Å²) in [5.74, 6) is 0.833. The van der Waals surface area contributed by atoms with Gasteiger partial charge in [0.25, 0.3) is 0 Å². The monoisotopic (exact) mass is 349 g/mol. The maximum Gasteiger partial charge on any atom is 0.138 e. The lowest BCUT2D eigenvalue weighted by Crippen LogP contribution is -2.41. The maximum absolute atomic E-state index is 14.0. The Morgan fingerprint density at radius 2 is 2.28 bits per heavy atom. The number of rotatable bonds is 8. The van der Waals surface area contributed by atoms with Gasteiger partial charge in [-0.15, -0.1) is 0 Å². The average Bonchev–Trinajstić information content (AvgIpc) is 3.29. The fourth-order valence-electron chi connectivity index (χ4n) is 3.46. The van der Waals surface area contributed by atoms with Crippen LogP contribution in [0.5, 0.6) is 0 Å². The summed E-state index contributed by atoms with van der Waals surface area (Å²) in [7, 11) is 0. The van der Waals surface area contributed by atoms with E-state index >= 15 is 0 Å². The second kappa shape index (κ2) is 8.10. The van der Waals surface area contributed by atoms with E-state index in [9.17, 15) is 4.39 Å². The molecule has 138 valence electrons. The van der Waals surface area contributed by atoms with E-state index in [-0.39, 0.29) is 6.04 Å². The lowest BCUT2D eigenvalue weighted by Gasteiger charge is -2.26. The van der Waals surface area contributed by atoms with E-state index in [2.05, 4.69) is 27.4 Å². The number of likely N-dealkylation sites (tertiary alicyclic amines) is 1. The third-order valence-corrected chi connectivity index (χ3v) is 5.07. The topological polar surface area (TPSA) is 59.1 Å². The quantitative estimate of drug-likeness (QED) is 0.793. The molecule has 25 heavy (non-hydrogen) atoms. The predicted octanol–water partition coefficient (Wildman–Crippen LogP) is 2.47. The van der Waals surface area contributed by atoms with Gasteiger partial charge < -0.3 is 9.84 Å². The van der Waals surface area contributed by atoms with Crippen molar-refractivity contribution in [3.05, 3.63) is 35.5 Å². The van der Waals surface area contributed by atoms with Crippen LogP contribution in [-0.2, 0) is 13.1 Å². The van der Waals surface area contributed by atoms with Gasteiger partial charge in [0.1, 0.15) is 11.9 Å². The highest BCUT2D eigenvalue weighted by molar-refractivity contribution is 5.21. The van der Waals surface area contributed by atoms with Crippen molar-refractivity contribution in [2.45, 2.75) is 65.0 Å². The van der Waals surface area contributed by atoms with Crippen LogP contribution < -0.4 is 5.32 Å². The Morgan fingerprint density at radius 1 is 1.44 bits per heavy atom. The molecule has 0 saturated carbocycles. The second-order valence-electron chi connectivity index (χ2n) is 7.09. The fourth-order valence-corrected chi connectivity index (χ4v) is 3.46. The first-order valence-corrected chi connectivity index (χ1v) is 9.03. The molecule has 0 spiro atoms. The Morgan fingerprint density at radius 3 is 2.96 bits per heavy atom. The number of halogens is 1. The van der Waals surface area contributed by atoms with E-state index in [1.165, 1.54) is 0 Å². The molecule has 2 aromatic heterocycles. The minimum Gasteiger partial charge on any atom is -0.361 e. The number of alkyl halides is 1. The van der Waals surface area contributed by atoms with Gasteiger partial charge in [-0.2, -0.15) is 5.10 Å². The van der Waals surface area contributed by atoms with Gasteiger partial charge in [-0.1, -0.05) is 5.16 Å². The van der Waals surface area contributed by atoms with Gasteiger partial charge in [0, 0.05) is 56.2 Å². The van der Waals surface area contributed by atoms with Crippen LogP contribution in [-0.4, -0.2) is 51.2 Å². The Balaban J connectivity index is 1.49. The van der Waals surface area contributed by atoms with Gasteiger partial charge in [0.05, 0.1) is 5.69 Å². The van der Waals surface area contributed by atoms with Crippen molar-refractivity contribution in [1.82, 2.24) is 25.2 Å². The molecule has 1 aliphatic rings. The third-order valence-electron chi connectivity index (χ3n) is 5.07. The molecule has 6 nitrogen and oxygen atoms in total. The van der Waals surface area contributed by atoms with E-state index in [4.69, 9.17) is 4.52 Å². The van der Waals surface area contributed by atoms with Crippen LogP contribution in [0.15, 0.2) is 23.0 Å². The zero-order chi connectivity index (χ0) is 17.8. The van der Waals surface area contributed by atoms with Crippen LogP contribution in [0, 0.1) is 13.8 Å². The van der Waals surface area contributed by atoms with Gasteiger partial charge in [-0.3, -0.25) is 9.58 Å². The summed E-state index contributed by atoms with van der Waals surface area (Å²) in [5.41, 5.74) is 1.99. The summed E-state index contributed by atoms with van der Waals surface area (Å²) in [4.78, 5) is 2.21. The van der Waals surface area contributed by atoms with Crippen LogP contribution in [0.3, 0.4) is 0 Å². The Hall–Kier alpha value is -1.73. The number of nitrogens with zero attached hydrogens (tertiary/aromatic N) is 4. The van der Waals surface area contributed by atoms with Crippen LogP contribution in [0.2, 0.25) is 0 Å². The molecule has 0 radical (unpaired) electrons. The molecule has 1 N–H and O–H groups in total. The van der Waals surface area contributed by atoms with Crippen LogP contribution in [0.25, 0.3) is 0 Å². The summed E-state index contributed by atoms with van der Waals surface area (Å²) in [6.45, 7) is 8.91. The smallest absolute Gasteiger partial charge is 0.138 e. The summed E-state index contributed by atoms with van der Waals surface area (Å²) in [6.07, 6.45) is 4.60. The minimum absolute atomic E-state index is 0.204. The summed E-state index contributed by atoms with van der Waals surface area (Å²) in [5, 5.41) is 11.8. The molecule has 3 rings (SSSR count). The second-order valence-corrected chi connectivity index (χ2v) is 7.09. The van der Waals surface area contributed by atoms with E-state index in [0.717, 1.165) is 36.5 Å². The molecule has 0 aliphatic carbocycles. The number of aromatic nitrogens is 3. The Kier molecular flexibility index (Phi) is 5.86. The first-order chi connectivity index (χ1) is 12.0. The van der Waals surface area contributed by atoms with E-state index in [0.29, 0.717) is 25.6 Å². The highest BCUT2D eigenvalue weighted by atomic mass is 19.1. The molecule has 3 heterocycles. The number of hydrogen-bond acceptors (Lipinski definition) is 5. The lowest BCUT2D eigenvalue weighted by molar-refractivity contribution is 0.224. The molecule has 7 heteroatoms. The normalized spacial score (nSPS) is 22.6. The standard InChI is InChI=1S/C18H28FN5O/c1-13(5-8-24-7-4-6-21-24)20-10-17-9-16(19)11-23(17)12-18-14(2)22-25-15(18)3/h4,6-7,13,16-17,20H,5,8-12H2,1-3H3/t13-,16-,17-/m0/s1. The van der Waals surface area contributed by atoms with Gasteiger partial charge in [-0.25, -0.2) is 4.39 Å². The minimum atomic E-state index is -0.758. The molecule has 1 aliphatic heterocycles. The van der Waals surface area contributed by atoms with Crippen molar-refractivity contribution in [3.63, 3.8) is 0 Å². The van der Waals surface area contributed by atoms with Crippen LogP contribution >= 0.6 is 0 Å². The Bertz CT molecular complexity index is 637. The van der Waals surface area contributed by atoms with E-state index in [1.54, 1.807) is 6.20 Å². The molecule has 2 aromatic rings. The van der Waals surface area contributed by atoms with Gasteiger partial charge >= 0.3 is 0 Å². The van der Waals surface area contributed by atoms with Gasteiger partial charge in [0.2, 0.25) is 0 Å². The fraction of sp³-hybridized carbons (Fsp3) is 0.667. The van der Waals surface area contributed by atoms with E-state index in [1.807, 2.05) is 30.8 Å². The summed E-state index contributed by atoms with van der Waals surface area (Å²) < 4.78 is 21.2. The first-order valence-electron chi connectivity index (χ1n) is 9.03. The zero-order valence-electron chi connectivity index (χ0n) is 15.3. The number of aryl methyl sites for hydroxylation is 3. The van der Waals surface area contributed by atoms with Crippen molar-refractivity contribution in [3.8, 4) is 0 Å². The van der Waals surface area contributed by atoms with Crippen molar-refractivity contribution in [2.75, 3.05) is 13.1 Å². The summed E-state index contributed by atoms with van der Waals surface area (Å²) >= 11 is 0. The van der Waals surface area contributed by atoms with Crippen LogP contribution in [0.4, 0.5) is 4.39 Å². The van der Waals surface area contributed by atoms with Crippen LogP contribution in [0.1, 0.15) is 36.8 Å². The molecule has 1 saturated heterocycles. The van der Waals surface area contributed by atoms with Gasteiger partial charge in [0.15, 0.2) is 0 Å². The van der Waals surface area contributed by atoms with Gasteiger partial charge in [-0.05, 0) is 39.7 Å².